The summed E-state index contributed by atoms with van der Waals surface area (Å²) in [7, 11) is 0. The van der Waals surface area contributed by atoms with Crippen LogP contribution < -0.4 is 10.6 Å². The quantitative estimate of drug-likeness (QED) is 0.666. The van der Waals surface area contributed by atoms with E-state index in [1.807, 2.05) is 49.4 Å². The molecule has 140 valence electrons. The summed E-state index contributed by atoms with van der Waals surface area (Å²) in [5, 5.41) is 14.7. The molecule has 0 unspecified atom stereocenters. The second kappa shape index (κ2) is 7.06. The Hall–Kier alpha value is -3.23. The number of benzene rings is 2. The maximum Gasteiger partial charge on any atom is 0.241 e. The number of aromatic nitrogens is 1. The van der Waals surface area contributed by atoms with E-state index in [2.05, 4.69) is 18.1 Å². The van der Waals surface area contributed by atoms with Gasteiger partial charge in [0.15, 0.2) is 0 Å². The van der Waals surface area contributed by atoms with Gasteiger partial charge in [0.25, 0.3) is 0 Å². The van der Waals surface area contributed by atoms with Crippen molar-refractivity contribution in [3.63, 3.8) is 0 Å². The molecule has 3 aromatic rings. The van der Waals surface area contributed by atoms with E-state index < -0.39 is 0 Å². The lowest BCUT2D eigenvalue weighted by atomic mass is 9.82. The van der Waals surface area contributed by atoms with E-state index >= 15 is 0 Å². The summed E-state index contributed by atoms with van der Waals surface area (Å²) in [5.41, 5.74) is 11.4. The van der Waals surface area contributed by atoms with Crippen LogP contribution in [0.2, 0.25) is 5.02 Å². The van der Waals surface area contributed by atoms with E-state index in [0.717, 1.165) is 28.9 Å². The Morgan fingerprint density at radius 1 is 1.25 bits per heavy atom. The van der Waals surface area contributed by atoms with Crippen LogP contribution in [0, 0.1) is 18.3 Å². The lowest BCUT2D eigenvalue weighted by molar-refractivity contribution is 0.420. The van der Waals surface area contributed by atoms with Gasteiger partial charge in [0.05, 0.1) is 34.5 Å². The standard InChI is InChI=1S/C22H19ClN4O/c1-3-14-7-9-17(10-8-14)27-21(25)18(12-24)20(15-5-4-6-16(23)11-15)19-13(2)26-28-22(19)27/h4-11,20H,3,25H2,1-2H3/t20-/m1/s1. The van der Waals surface area contributed by atoms with E-state index in [4.69, 9.17) is 21.9 Å². The van der Waals surface area contributed by atoms with E-state index in [-0.39, 0.29) is 5.92 Å². The summed E-state index contributed by atoms with van der Waals surface area (Å²) in [5.74, 6) is 0.486. The predicted molar refractivity (Wildman–Crippen MR) is 109 cm³/mol. The molecule has 4 rings (SSSR count). The van der Waals surface area contributed by atoms with E-state index in [1.165, 1.54) is 5.56 Å². The van der Waals surface area contributed by atoms with Gasteiger partial charge in [-0.15, -0.1) is 0 Å². The molecule has 5 nitrogen and oxygen atoms in total. The molecule has 28 heavy (non-hydrogen) atoms. The first kappa shape index (κ1) is 18.1. The summed E-state index contributed by atoms with van der Waals surface area (Å²) in [6, 6.07) is 17.8. The van der Waals surface area contributed by atoms with Crippen molar-refractivity contribution in [1.82, 2.24) is 5.16 Å². The molecule has 0 fully saturated rings. The van der Waals surface area contributed by atoms with Crippen LogP contribution in [-0.2, 0) is 6.42 Å². The summed E-state index contributed by atoms with van der Waals surface area (Å²) < 4.78 is 5.67. The average molecular weight is 391 g/mol. The molecule has 6 heteroatoms. The minimum absolute atomic E-state index is 0.334. The van der Waals surface area contributed by atoms with Gasteiger partial charge in [0.2, 0.25) is 5.88 Å². The fourth-order valence-corrected chi connectivity index (χ4v) is 3.86. The summed E-state index contributed by atoms with van der Waals surface area (Å²) in [4.78, 5) is 1.76. The van der Waals surface area contributed by atoms with Gasteiger partial charge in [-0.3, -0.25) is 4.90 Å². The Bertz CT molecular complexity index is 1110. The number of halogens is 1. The molecule has 0 bridgehead atoms. The predicted octanol–water partition coefficient (Wildman–Crippen LogP) is 5.18. The largest absolute Gasteiger partial charge is 0.384 e. The first-order chi connectivity index (χ1) is 13.5. The van der Waals surface area contributed by atoms with Crippen LogP contribution in [0.4, 0.5) is 11.6 Å². The first-order valence-corrected chi connectivity index (χ1v) is 9.43. The van der Waals surface area contributed by atoms with Gasteiger partial charge in [0, 0.05) is 5.02 Å². The zero-order valence-electron chi connectivity index (χ0n) is 15.6. The molecule has 1 aliphatic rings. The van der Waals surface area contributed by atoms with E-state index in [9.17, 15) is 5.26 Å². The number of allylic oxidation sites excluding steroid dienone is 1. The number of rotatable bonds is 3. The Balaban J connectivity index is 1.94. The number of hydrogen-bond acceptors (Lipinski definition) is 5. The van der Waals surface area contributed by atoms with Gasteiger partial charge in [-0.05, 0) is 48.7 Å². The van der Waals surface area contributed by atoms with Gasteiger partial charge in [0.1, 0.15) is 5.82 Å². The zero-order valence-corrected chi connectivity index (χ0v) is 16.4. The maximum atomic E-state index is 9.96. The highest BCUT2D eigenvalue weighted by atomic mass is 35.5. The SMILES string of the molecule is CCc1ccc(N2C(N)=C(C#N)[C@@H](c3cccc(Cl)c3)c3c(C)noc32)cc1. The number of anilines is 2. The number of fused-ring (bicyclic) bond motifs is 1. The van der Waals surface area contributed by atoms with Crippen LogP contribution in [0.5, 0.6) is 0 Å². The van der Waals surface area contributed by atoms with Crippen LogP contribution in [0.15, 0.2) is 64.4 Å². The van der Waals surface area contributed by atoms with Gasteiger partial charge < -0.3 is 10.3 Å². The van der Waals surface area contributed by atoms with Gasteiger partial charge in [-0.2, -0.15) is 5.26 Å². The first-order valence-electron chi connectivity index (χ1n) is 9.05. The van der Waals surface area contributed by atoms with Crippen molar-refractivity contribution in [3.05, 3.63) is 87.3 Å². The molecule has 0 radical (unpaired) electrons. The maximum absolute atomic E-state index is 9.96. The monoisotopic (exact) mass is 390 g/mol. The molecule has 0 saturated carbocycles. The van der Waals surface area contributed by atoms with Gasteiger partial charge >= 0.3 is 0 Å². The molecular weight excluding hydrogens is 372 g/mol. The van der Waals surface area contributed by atoms with Gasteiger partial charge in [-0.25, -0.2) is 0 Å². The highest BCUT2D eigenvalue weighted by Gasteiger charge is 2.38. The molecule has 0 aliphatic carbocycles. The lowest BCUT2D eigenvalue weighted by Gasteiger charge is -2.32. The molecular formula is C22H19ClN4O. The van der Waals surface area contributed by atoms with Crippen molar-refractivity contribution in [1.29, 1.82) is 5.26 Å². The molecule has 1 aromatic heterocycles. The van der Waals surface area contributed by atoms with Crippen molar-refractivity contribution in [2.24, 2.45) is 5.73 Å². The van der Waals surface area contributed by atoms with Crippen LogP contribution in [0.1, 0.15) is 35.2 Å². The lowest BCUT2D eigenvalue weighted by Crippen LogP contribution is -2.31. The third-order valence-corrected chi connectivity index (χ3v) is 5.33. The van der Waals surface area contributed by atoms with Crippen molar-refractivity contribution >= 4 is 23.2 Å². The van der Waals surface area contributed by atoms with Crippen LogP contribution >= 0.6 is 11.6 Å². The molecule has 2 aromatic carbocycles. The van der Waals surface area contributed by atoms with Crippen molar-refractivity contribution in [2.75, 3.05) is 4.90 Å². The second-order valence-electron chi connectivity index (χ2n) is 6.74. The third kappa shape index (κ3) is 2.83. The average Bonchev–Trinajstić information content (AvgIpc) is 3.08. The summed E-state index contributed by atoms with van der Waals surface area (Å²) in [6.07, 6.45) is 0.943. The molecule has 0 spiro atoms. The topological polar surface area (TPSA) is 79.1 Å². The van der Waals surface area contributed by atoms with Crippen molar-refractivity contribution < 1.29 is 4.52 Å². The van der Waals surface area contributed by atoms with Crippen LogP contribution in [0.3, 0.4) is 0 Å². The van der Waals surface area contributed by atoms with Crippen LogP contribution in [-0.4, -0.2) is 5.16 Å². The summed E-state index contributed by atoms with van der Waals surface area (Å²) >= 11 is 6.21. The normalized spacial score (nSPS) is 16.1. The van der Waals surface area contributed by atoms with Crippen molar-refractivity contribution in [3.8, 4) is 6.07 Å². The smallest absolute Gasteiger partial charge is 0.241 e. The van der Waals surface area contributed by atoms with Crippen molar-refractivity contribution in [2.45, 2.75) is 26.2 Å². The number of nitrogens with zero attached hydrogens (tertiary/aromatic N) is 3. The minimum Gasteiger partial charge on any atom is -0.384 e. The number of hydrogen-bond donors (Lipinski definition) is 1. The van der Waals surface area contributed by atoms with E-state index in [0.29, 0.717) is 22.3 Å². The Labute approximate surface area is 168 Å². The highest BCUT2D eigenvalue weighted by Crippen LogP contribution is 2.47. The molecule has 0 amide bonds. The van der Waals surface area contributed by atoms with Crippen LogP contribution in [0.25, 0.3) is 0 Å². The Kier molecular flexibility index (Phi) is 4.58. The fraction of sp³-hybridized carbons (Fsp3) is 0.182. The third-order valence-electron chi connectivity index (χ3n) is 5.09. The summed E-state index contributed by atoms with van der Waals surface area (Å²) in [6.45, 7) is 3.97. The molecule has 0 saturated heterocycles. The molecule has 2 N–H and O–H groups in total. The van der Waals surface area contributed by atoms with E-state index in [1.54, 1.807) is 11.0 Å². The molecule has 2 heterocycles. The molecule has 1 atom stereocenters. The molecule has 1 aliphatic heterocycles. The number of nitriles is 1. The second-order valence-corrected chi connectivity index (χ2v) is 7.18. The number of nitrogens with two attached hydrogens (primary N) is 1. The Morgan fingerprint density at radius 3 is 2.64 bits per heavy atom. The fourth-order valence-electron chi connectivity index (χ4n) is 3.66. The Morgan fingerprint density at radius 2 is 2.00 bits per heavy atom. The van der Waals surface area contributed by atoms with Gasteiger partial charge in [-0.1, -0.05) is 47.9 Å². The highest BCUT2D eigenvalue weighted by molar-refractivity contribution is 6.30. The zero-order chi connectivity index (χ0) is 19.8. The minimum atomic E-state index is -0.379. The number of aryl methyl sites for hydroxylation is 2.